The van der Waals surface area contributed by atoms with Gasteiger partial charge in [-0.2, -0.15) is 5.10 Å². The molecule has 0 fully saturated rings. The first-order valence-electron chi connectivity index (χ1n) is 6.64. The lowest BCUT2D eigenvalue weighted by atomic mass is 10.2. The number of hydrogen-bond acceptors (Lipinski definition) is 5. The fourth-order valence-corrected chi connectivity index (χ4v) is 2.14. The Kier molecular flexibility index (Phi) is 5.79. The molecule has 0 radical (unpaired) electrons. The van der Waals surface area contributed by atoms with Crippen molar-refractivity contribution in [1.29, 1.82) is 0 Å². The number of amides is 2. The Bertz CT molecular complexity index is 874. The number of nitrogens with zero attached hydrogens (tertiary/aromatic N) is 1. The zero-order valence-electron chi connectivity index (χ0n) is 12.1. The maximum absolute atomic E-state index is 11.9. The number of hydrazone groups is 1. The summed E-state index contributed by atoms with van der Waals surface area (Å²) >= 11 is 3.24. The zero-order chi connectivity index (χ0) is 17.5. The van der Waals surface area contributed by atoms with E-state index in [1.807, 2.05) is 4.98 Å². The Hall–Kier alpha value is -3.01. The molecule has 0 aliphatic carbocycles. The van der Waals surface area contributed by atoms with Crippen LogP contribution in [0.3, 0.4) is 0 Å². The van der Waals surface area contributed by atoms with Gasteiger partial charge in [0.1, 0.15) is 0 Å². The van der Waals surface area contributed by atoms with Gasteiger partial charge in [0.25, 0.3) is 17.4 Å². The highest BCUT2D eigenvalue weighted by molar-refractivity contribution is 9.10. The van der Waals surface area contributed by atoms with Crippen LogP contribution >= 0.6 is 15.9 Å². The van der Waals surface area contributed by atoms with Gasteiger partial charge in [0.2, 0.25) is 0 Å². The summed E-state index contributed by atoms with van der Waals surface area (Å²) in [5.41, 5.74) is 1.41. The summed E-state index contributed by atoms with van der Waals surface area (Å²) in [5.74, 6) is -0.987. The second-order valence-corrected chi connectivity index (χ2v) is 5.35. The van der Waals surface area contributed by atoms with Crippen molar-refractivity contribution in [3.8, 4) is 0 Å². The molecule has 2 rings (SSSR count). The van der Waals surface area contributed by atoms with Crippen molar-refractivity contribution in [3.63, 3.8) is 0 Å². The molecule has 1 aromatic carbocycles. The van der Waals surface area contributed by atoms with Gasteiger partial charge in [-0.15, -0.1) is 0 Å². The first-order valence-corrected chi connectivity index (χ1v) is 7.43. The van der Waals surface area contributed by atoms with Gasteiger partial charge in [0, 0.05) is 10.5 Å². The Morgan fingerprint density at radius 1 is 1.21 bits per heavy atom. The molecule has 0 saturated heterocycles. The van der Waals surface area contributed by atoms with E-state index in [4.69, 9.17) is 0 Å². The van der Waals surface area contributed by atoms with Crippen molar-refractivity contribution >= 4 is 34.0 Å². The molecule has 0 saturated carbocycles. The molecule has 0 unspecified atom stereocenters. The average molecular weight is 394 g/mol. The third kappa shape index (κ3) is 5.02. The number of carbonyl (C=O) groups excluding carboxylic acids is 2. The lowest BCUT2D eigenvalue weighted by Gasteiger charge is -2.05. The molecular formula is C14H12BrN5O4. The van der Waals surface area contributed by atoms with Crippen molar-refractivity contribution in [3.05, 3.63) is 66.9 Å². The molecule has 2 amide bonds. The molecule has 1 heterocycles. The van der Waals surface area contributed by atoms with Crippen LogP contribution in [0.15, 0.2) is 49.5 Å². The van der Waals surface area contributed by atoms with E-state index in [0.29, 0.717) is 10.0 Å². The molecule has 24 heavy (non-hydrogen) atoms. The van der Waals surface area contributed by atoms with Gasteiger partial charge in [-0.25, -0.2) is 10.2 Å². The third-order valence-corrected chi connectivity index (χ3v) is 3.39. The van der Waals surface area contributed by atoms with Crippen molar-refractivity contribution in [1.82, 2.24) is 20.7 Å². The van der Waals surface area contributed by atoms with Crippen LogP contribution in [-0.4, -0.2) is 34.5 Å². The number of halogens is 1. The third-order valence-electron chi connectivity index (χ3n) is 2.70. The maximum Gasteiger partial charge on any atom is 0.326 e. The SMILES string of the molecule is O=C(CNC(=O)c1ccccc1Br)N/N=C/c1cc(=O)[nH]c(=O)[nH]1. The first-order chi connectivity index (χ1) is 11.5. The minimum Gasteiger partial charge on any atom is -0.343 e. The van der Waals surface area contributed by atoms with Crippen LogP contribution in [0.25, 0.3) is 0 Å². The summed E-state index contributed by atoms with van der Waals surface area (Å²) in [7, 11) is 0. The smallest absolute Gasteiger partial charge is 0.326 e. The molecule has 4 N–H and O–H groups in total. The molecule has 0 spiro atoms. The van der Waals surface area contributed by atoms with Crippen molar-refractivity contribution in [2.45, 2.75) is 0 Å². The molecule has 0 aliphatic rings. The van der Waals surface area contributed by atoms with Crippen LogP contribution in [0, 0.1) is 0 Å². The monoisotopic (exact) mass is 393 g/mol. The van der Waals surface area contributed by atoms with Gasteiger partial charge in [0.15, 0.2) is 0 Å². The van der Waals surface area contributed by atoms with Gasteiger partial charge >= 0.3 is 5.69 Å². The van der Waals surface area contributed by atoms with E-state index < -0.39 is 23.1 Å². The number of benzene rings is 1. The van der Waals surface area contributed by atoms with Crippen LogP contribution in [0.4, 0.5) is 0 Å². The normalized spacial score (nSPS) is 10.5. The minimum atomic E-state index is -0.684. The molecule has 2 aromatic rings. The standard InChI is InChI=1S/C14H12BrN5O4/c15-10-4-2-1-3-9(10)13(23)16-7-12(22)20-17-6-8-5-11(21)19-14(24)18-8/h1-6H,7H2,(H,16,23)(H,20,22)(H2,18,19,21,24)/b17-6+. The number of aromatic nitrogens is 2. The van der Waals surface area contributed by atoms with Crippen molar-refractivity contribution in [2.75, 3.05) is 6.54 Å². The number of carbonyl (C=O) groups is 2. The topological polar surface area (TPSA) is 136 Å². The van der Waals surface area contributed by atoms with Gasteiger partial charge in [-0.1, -0.05) is 12.1 Å². The van der Waals surface area contributed by atoms with Crippen molar-refractivity contribution in [2.24, 2.45) is 5.10 Å². The quantitative estimate of drug-likeness (QED) is 0.409. The van der Waals surface area contributed by atoms with Crippen LogP contribution in [0.1, 0.15) is 16.1 Å². The van der Waals surface area contributed by atoms with Crippen LogP contribution in [0.5, 0.6) is 0 Å². The summed E-state index contributed by atoms with van der Waals surface area (Å²) in [4.78, 5) is 49.9. The molecule has 10 heteroatoms. The highest BCUT2D eigenvalue weighted by atomic mass is 79.9. The Labute approximate surface area is 143 Å². The van der Waals surface area contributed by atoms with E-state index in [0.717, 1.165) is 12.3 Å². The van der Waals surface area contributed by atoms with E-state index in [1.54, 1.807) is 24.3 Å². The number of H-pyrrole nitrogens is 2. The van der Waals surface area contributed by atoms with E-state index in [1.165, 1.54) is 0 Å². The Morgan fingerprint density at radius 2 is 1.96 bits per heavy atom. The van der Waals surface area contributed by atoms with Crippen LogP contribution < -0.4 is 22.0 Å². The van der Waals surface area contributed by atoms with Gasteiger partial charge in [-0.05, 0) is 28.1 Å². The molecule has 0 aliphatic heterocycles. The zero-order valence-corrected chi connectivity index (χ0v) is 13.7. The second kappa shape index (κ2) is 8.02. The lowest BCUT2D eigenvalue weighted by molar-refractivity contribution is -0.120. The number of hydrogen-bond donors (Lipinski definition) is 4. The second-order valence-electron chi connectivity index (χ2n) is 4.50. The minimum absolute atomic E-state index is 0.126. The Balaban J connectivity index is 1.86. The van der Waals surface area contributed by atoms with Gasteiger partial charge in [0.05, 0.1) is 24.0 Å². The predicted molar refractivity (Wildman–Crippen MR) is 89.9 cm³/mol. The number of nitrogens with one attached hydrogen (secondary N) is 4. The van der Waals surface area contributed by atoms with Crippen LogP contribution in [-0.2, 0) is 4.79 Å². The van der Waals surface area contributed by atoms with Crippen molar-refractivity contribution < 1.29 is 9.59 Å². The molecule has 0 bridgehead atoms. The first kappa shape index (κ1) is 17.3. The molecule has 124 valence electrons. The summed E-state index contributed by atoms with van der Waals surface area (Å²) in [6, 6.07) is 7.89. The van der Waals surface area contributed by atoms with Gasteiger partial charge < -0.3 is 10.3 Å². The molecule has 0 atom stereocenters. The predicted octanol–water partition coefficient (Wildman–Crippen LogP) is -0.294. The highest BCUT2D eigenvalue weighted by Gasteiger charge is 2.10. The summed E-state index contributed by atoms with van der Waals surface area (Å²) in [6.07, 6.45) is 1.10. The molecule has 1 aromatic heterocycles. The summed E-state index contributed by atoms with van der Waals surface area (Å²) in [5, 5.41) is 6.02. The van der Waals surface area contributed by atoms with E-state index in [2.05, 4.69) is 36.8 Å². The largest absolute Gasteiger partial charge is 0.343 e. The fourth-order valence-electron chi connectivity index (χ4n) is 1.67. The molecular weight excluding hydrogens is 382 g/mol. The van der Waals surface area contributed by atoms with E-state index in [-0.39, 0.29) is 12.2 Å². The number of rotatable bonds is 5. The van der Waals surface area contributed by atoms with E-state index >= 15 is 0 Å². The average Bonchev–Trinajstić information content (AvgIpc) is 2.52. The fraction of sp³-hybridized carbons (Fsp3) is 0.0714. The number of aromatic amines is 2. The highest BCUT2D eigenvalue weighted by Crippen LogP contribution is 2.15. The summed E-state index contributed by atoms with van der Waals surface area (Å²) < 4.78 is 0.610. The molecule has 9 nitrogen and oxygen atoms in total. The van der Waals surface area contributed by atoms with Gasteiger partial charge in [-0.3, -0.25) is 19.4 Å². The maximum atomic E-state index is 11.9. The lowest BCUT2D eigenvalue weighted by Crippen LogP contribution is -2.35. The summed E-state index contributed by atoms with van der Waals surface area (Å²) in [6.45, 7) is -0.288. The van der Waals surface area contributed by atoms with E-state index in [9.17, 15) is 19.2 Å². The Morgan fingerprint density at radius 3 is 2.67 bits per heavy atom. The van der Waals surface area contributed by atoms with Crippen LogP contribution in [0.2, 0.25) is 0 Å².